The van der Waals surface area contributed by atoms with Gasteiger partial charge in [-0.2, -0.15) is 0 Å². The molecule has 1 atom stereocenters. The lowest BCUT2D eigenvalue weighted by Gasteiger charge is -2.34. The summed E-state index contributed by atoms with van der Waals surface area (Å²) in [5.41, 5.74) is 7.26. The maximum absolute atomic E-state index is 5.93. The van der Waals surface area contributed by atoms with Crippen LogP contribution in [0, 0.1) is 0 Å². The summed E-state index contributed by atoms with van der Waals surface area (Å²) >= 11 is 3.52. The second-order valence-electron chi connectivity index (χ2n) is 4.40. The van der Waals surface area contributed by atoms with Crippen molar-refractivity contribution in [2.75, 3.05) is 19.6 Å². The highest BCUT2D eigenvalue weighted by Gasteiger charge is 2.20. The van der Waals surface area contributed by atoms with Crippen molar-refractivity contribution in [2.24, 2.45) is 5.73 Å². The van der Waals surface area contributed by atoms with Gasteiger partial charge in [0.1, 0.15) is 0 Å². The Morgan fingerprint density at radius 2 is 2.00 bits per heavy atom. The Balaban J connectivity index is 2.14. The first kappa shape index (κ1) is 12.1. The number of hydrogen-bond donors (Lipinski definition) is 1. The fourth-order valence-electron chi connectivity index (χ4n) is 2.44. The monoisotopic (exact) mass is 282 g/mol. The molecule has 0 bridgehead atoms. The van der Waals surface area contributed by atoms with Gasteiger partial charge >= 0.3 is 0 Å². The zero-order valence-electron chi connectivity index (χ0n) is 9.53. The van der Waals surface area contributed by atoms with Gasteiger partial charge in [-0.05, 0) is 43.6 Å². The van der Waals surface area contributed by atoms with Crippen LogP contribution in [0.5, 0.6) is 0 Å². The molecule has 1 fully saturated rings. The van der Waals surface area contributed by atoms with E-state index in [1.807, 2.05) is 0 Å². The van der Waals surface area contributed by atoms with E-state index < -0.39 is 0 Å². The lowest BCUT2D eigenvalue weighted by atomic mass is 10.0. The molecular formula is C13H19BrN2. The Morgan fingerprint density at radius 3 is 2.62 bits per heavy atom. The number of likely N-dealkylation sites (tertiary alicyclic amines) is 1. The van der Waals surface area contributed by atoms with Gasteiger partial charge in [-0.25, -0.2) is 0 Å². The molecule has 2 rings (SSSR count). The summed E-state index contributed by atoms with van der Waals surface area (Å²) in [6.45, 7) is 3.08. The zero-order valence-corrected chi connectivity index (χ0v) is 11.1. The second kappa shape index (κ2) is 5.80. The van der Waals surface area contributed by atoms with E-state index in [-0.39, 0.29) is 0 Å². The Morgan fingerprint density at radius 1 is 1.25 bits per heavy atom. The largest absolute Gasteiger partial charge is 0.329 e. The van der Waals surface area contributed by atoms with E-state index >= 15 is 0 Å². The van der Waals surface area contributed by atoms with Crippen molar-refractivity contribution in [3.63, 3.8) is 0 Å². The van der Waals surface area contributed by atoms with Gasteiger partial charge in [0.2, 0.25) is 0 Å². The molecule has 1 heterocycles. The summed E-state index contributed by atoms with van der Waals surface area (Å²) in [6.07, 6.45) is 3.99. The van der Waals surface area contributed by atoms with Crippen molar-refractivity contribution in [3.05, 3.63) is 34.3 Å². The molecule has 1 aromatic carbocycles. The Hall–Kier alpha value is -0.380. The number of nitrogens with two attached hydrogens (primary N) is 1. The van der Waals surface area contributed by atoms with E-state index in [0.29, 0.717) is 12.6 Å². The van der Waals surface area contributed by atoms with E-state index in [9.17, 15) is 0 Å². The van der Waals surface area contributed by atoms with Crippen molar-refractivity contribution < 1.29 is 0 Å². The molecule has 1 unspecified atom stereocenters. The van der Waals surface area contributed by atoms with E-state index in [2.05, 4.69) is 45.1 Å². The number of piperidine rings is 1. The van der Waals surface area contributed by atoms with E-state index in [4.69, 9.17) is 5.73 Å². The highest BCUT2D eigenvalue weighted by atomic mass is 79.9. The van der Waals surface area contributed by atoms with Crippen LogP contribution in [0.25, 0.3) is 0 Å². The first-order valence-corrected chi connectivity index (χ1v) is 6.80. The van der Waals surface area contributed by atoms with Gasteiger partial charge in [-0.3, -0.25) is 4.90 Å². The van der Waals surface area contributed by atoms with Crippen molar-refractivity contribution in [3.8, 4) is 0 Å². The number of rotatable bonds is 3. The summed E-state index contributed by atoms with van der Waals surface area (Å²) in [4.78, 5) is 2.52. The predicted octanol–water partition coefficient (Wildman–Crippen LogP) is 2.93. The van der Waals surface area contributed by atoms with Crippen LogP contribution >= 0.6 is 15.9 Å². The van der Waals surface area contributed by atoms with Gasteiger partial charge in [0.15, 0.2) is 0 Å². The molecule has 1 saturated heterocycles. The average molecular weight is 283 g/mol. The van der Waals surface area contributed by atoms with Gasteiger partial charge in [0.05, 0.1) is 0 Å². The van der Waals surface area contributed by atoms with Crippen LogP contribution in [-0.2, 0) is 0 Å². The summed E-state index contributed by atoms with van der Waals surface area (Å²) in [6, 6.07) is 8.90. The fourth-order valence-corrected chi connectivity index (χ4v) is 2.86. The third-order valence-corrected chi connectivity index (χ3v) is 3.78. The molecule has 2 N–H and O–H groups in total. The summed E-state index contributed by atoms with van der Waals surface area (Å²) in [5.74, 6) is 0. The minimum atomic E-state index is 0.387. The molecule has 88 valence electrons. The van der Waals surface area contributed by atoms with Crippen LogP contribution < -0.4 is 5.73 Å². The quantitative estimate of drug-likeness (QED) is 0.924. The molecule has 0 amide bonds. The molecule has 1 aliphatic heterocycles. The lowest BCUT2D eigenvalue weighted by Crippen LogP contribution is -2.37. The first-order valence-electron chi connectivity index (χ1n) is 6.01. The summed E-state index contributed by atoms with van der Waals surface area (Å²) in [5, 5.41) is 0. The SMILES string of the molecule is NCC(c1cccc(Br)c1)N1CCCCC1. The highest BCUT2D eigenvalue weighted by molar-refractivity contribution is 9.10. The average Bonchev–Trinajstić information content (AvgIpc) is 2.31. The number of halogens is 1. The molecule has 1 aromatic rings. The topological polar surface area (TPSA) is 29.3 Å². The molecule has 3 heteroatoms. The van der Waals surface area contributed by atoms with Crippen molar-refractivity contribution in [1.29, 1.82) is 0 Å². The highest BCUT2D eigenvalue weighted by Crippen LogP contribution is 2.25. The molecule has 0 spiro atoms. The zero-order chi connectivity index (χ0) is 11.4. The van der Waals surface area contributed by atoms with Crippen molar-refractivity contribution >= 4 is 15.9 Å². The molecular weight excluding hydrogens is 264 g/mol. The normalized spacial score (nSPS) is 19.6. The molecule has 2 nitrogen and oxygen atoms in total. The van der Waals surface area contributed by atoms with E-state index in [1.165, 1.54) is 37.9 Å². The van der Waals surface area contributed by atoms with Crippen LogP contribution in [0.2, 0.25) is 0 Å². The van der Waals surface area contributed by atoms with Crippen molar-refractivity contribution in [2.45, 2.75) is 25.3 Å². The fraction of sp³-hybridized carbons (Fsp3) is 0.538. The molecule has 16 heavy (non-hydrogen) atoms. The first-order chi connectivity index (χ1) is 7.81. The second-order valence-corrected chi connectivity index (χ2v) is 5.32. The van der Waals surface area contributed by atoms with Gasteiger partial charge < -0.3 is 5.73 Å². The third kappa shape index (κ3) is 2.84. The Bertz CT molecular complexity index is 334. The molecule has 0 aromatic heterocycles. The molecule has 0 saturated carbocycles. The Kier molecular flexibility index (Phi) is 4.38. The lowest BCUT2D eigenvalue weighted by molar-refractivity contribution is 0.167. The van der Waals surface area contributed by atoms with E-state index in [0.717, 1.165) is 4.47 Å². The minimum absolute atomic E-state index is 0.387. The van der Waals surface area contributed by atoms with Crippen LogP contribution in [-0.4, -0.2) is 24.5 Å². The van der Waals surface area contributed by atoms with Crippen molar-refractivity contribution in [1.82, 2.24) is 4.90 Å². The summed E-state index contributed by atoms with van der Waals surface area (Å²) < 4.78 is 1.14. The number of nitrogens with zero attached hydrogens (tertiary/aromatic N) is 1. The minimum Gasteiger partial charge on any atom is -0.329 e. The molecule has 0 aliphatic carbocycles. The van der Waals surface area contributed by atoms with Crippen LogP contribution in [0.4, 0.5) is 0 Å². The van der Waals surface area contributed by atoms with Crippen LogP contribution in [0.15, 0.2) is 28.7 Å². The number of hydrogen-bond acceptors (Lipinski definition) is 2. The Labute approximate surface area is 106 Å². The van der Waals surface area contributed by atoms with Crippen LogP contribution in [0.3, 0.4) is 0 Å². The maximum Gasteiger partial charge on any atom is 0.0470 e. The molecule has 0 radical (unpaired) electrons. The summed E-state index contributed by atoms with van der Waals surface area (Å²) in [7, 11) is 0. The van der Waals surface area contributed by atoms with Gasteiger partial charge in [-0.1, -0.05) is 34.5 Å². The van der Waals surface area contributed by atoms with Gasteiger partial charge in [-0.15, -0.1) is 0 Å². The molecule has 1 aliphatic rings. The third-order valence-electron chi connectivity index (χ3n) is 3.29. The maximum atomic E-state index is 5.93. The van der Waals surface area contributed by atoms with Gasteiger partial charge in [0, 0.05) is 17.1 Å². The number of benzene rings is 1. The smallest absolute Gasteiger partial charge is 0.0470 e. The van der Waals surface area contributed by atoms with Gasteiger partial charge in [0.25, 0.3) is 0 Å². The van der Waals surface area contributed by atoms with Crippen LogP contribution in [0.1, 0.15) is 30.9 Å². The predicted molar refractivity (Wildman–Crippen MR) is 71.4 cm³/mol. The van der Waals surface area contributed by atoms with E-state index in [1.54, 1.807) is 0 Å². The standard InChI is InChI=1S/C13H19BrN2/c14-12-6-4-5-11(9-12)13(10-15)16-7-2-1-3-8-16/h4-6,9,13H,1-3,7-8,10,15H2.